The number of aromatic amines is 1. The number of nitrogens with one attached hydrogen (secondary N) is 1. The Hall–Kier alpha value is -3.16. The lowest BCUT2D eigenvalue weighted by atomic mass is 10.1. The summed E-state index contributed by atoms with van der Waals surface area (Å²) < 4.78 is 7.46. The first-order chi connectivity index (χ1) is 13.7. The molecule has 0 fully saturated rings. The van der Waals surface area contributed by atoms with E-state index in [-0.39, 0.29) is 0 Å². The van der Waals surface area contributed by atoms with E-state index in [2.05, 4.69) is 25.3 Å². The van der Waals surface area contributed by atoms with Gasteiger partial charge in [-0.1, -0.05) is 41.4 Å². The van der Waals surface area contributed by atoms with Crippen molar-refractivity contribution in [2.75, 3.05) is 0 Å². The smallest absolute Gasteiger partial charge is 0.182 e. The largest absolute Gasteiger partial charge is 0.487 e. The topological polar surface area (TPSA) is 81.0 Å². The number of H-pyrrole nitrogens is 1. The van der Waals surface area contributed by atoms with Crippen LogP contribution in [0.4, 0.5) is 0 Å². The summed E-state index contributed by atoms with van der Waals surface area (Å²) in [5.41, 5.74) is 3.22. The molecule has 0 radical (unpaired) electrons. The van der Waals surface area contributed by atoms with Gasteiger partial charge in [-0.25, -0.2) is 14.5 Å². The van der Waals surface area contributed by atoms with Gasteiger partial charge in [-0.05, 0) is 29.8 Å². The molecule has 5 rings (SSSR count). The van der Waals surface area contributed by atoms with Gasteiger partial charge < -0.3 is 4.74 Å². The highest BCUT2D eigenvalue weighted by Gasteiger charge is 2.12. The number of ether oxygens (including phenoxy) is 1. The van der Waals surface area contributed by atoms with Crippen LogP contribution >= 0.6 is 23.2 Å². The van der Waals surface area contributed by atoms with Crippen LogP contribution in [0.5, 0.6) is 5.75 Å². The predicted molar refractivity (Wildman–Crippen MR) is 107 cm³/mol. The summed E-state index contributed by atoms with van der Waals surface area (Å²) in [6.07, 6.45) is 3.30. The lowest BCUT2D eigenvalue weighted by molar-refractivity contribution is 0.306. The minimum absolute atomic E-state index is 0.357. The van der Waals surface area contributed by atoms with Crippen LogP contribution in [-0.4, -0.2) is 29.8 Å². The van der Waals surface area contributed by atoms with Gasteiger partial charge in [-0.15, -0.1) is 5.10 Å². The van der Waals surface area contributed by atoms with E-state index < -0.39 is 0 Å². The molecule has 0 atom stereocenters. The monoisotopic (exact) mass is 410 g/mol. The molecule has 28 heavy (non-hydrogen) atoms. The third-order valence-electron chi connectivity index (χ3n) is 4.26. The Labute approximate surface area is 168 Å². The molecule has 0 saturated heterocycles. The lowest BCUT2D eigenvalue weighted by Crippen LogP contribution is -1.96. The molecule has 138 valence electrons. The van der Waals surface area contributed by atoms with Crippen LogP contribution in [0, 0.1) is 0 Å². The number of hydrogen-bond acceptors (Lipinski definition) is 5. The highest BCUT2D eigenvalue weighted by Crippen LogP contribution is 2.28. The summed E-state index contributed by atoms with van der Waals surface area (Å²) in [7, 11) is 0. The van der Waals surface area contributed by atoms with Crippen LogP contribution in [-0.2, 0) is 6.61 Å². The van der Waals surface area contributed by atoms with Crippen molar-refractivity contribution in [2.45, 2.75) is 6.61 Å². The second-order valence-electron chi connectivity index (χ2n) is 6.14. The van der Waals surface area contributed by atoms with E-state index >= 15 is 0 Å². The van der Waals surface area contributed by atoms with Crippen molar-refractivity contribution in [1.29, 1.82) is 0 Å². The van der Waals surface area contributed by atoms with Gasteiger partial charge in [-0.3, -0.25) is 5.10 Å². The van der Waals surface area contributed by atoms with Crippen molar-refractivity contribution >= 4 is 39.9 Å². The van der Waals surface area contributed by atoms with Gasteiger partial charge in [0.2, 0.25) is 0 Å². The Morgan fingerprint density at radius 3 is 2.93 bits per heavy atom. The Balaban J connectivity index is 1.44. The maximum Gasteiger partial charge on any atom is 0.182 e. The van der Waals surface area contributed by atoms with Crippen LogP contribution in [0.2, 0.25) is 10.0 Å². The Morgan fingerprint density at radius 1 is 1.11 bits per heavy atom. The minimum atomic E-state index is 0.357. The van der Waals surface area contributed by atoms with Crippen LogP contribution in [0.3, 0.4) is 0 Å². The average molecular weight is 411 g/mol. The number of halogens is 2. The quantitative estimate of drug-likeness (QED) is 0.469. The molecule has 3 aromatic heterocycles. The maximum absolute atomic E-state index is 6.16. The van der Waals surface area contributed by atoms with E-state index in [0.717, 1.165) is 16.5 Å². The Bertz CT molecular complexity index is 1310. The fourth-order valence-electron chi connectivity index (χ4n) is 2.92. The predicted octanol–water partition coefficient (Wildman–Crippen LogP) is 4.55. The van der Waals surface area contributed by atoms with Gasteiger partial charge in [-0.2, -0.15) is 5.10 Å². The summed E-state index contributed by atoms with van der Waals surface area (Å²) in [5, 5.41) is 13.2. The van der Waals surface area contributed by atoms with Crippen LogP contribution in [0.1, 0.15) is 5.56 Å². The zero-order valence-electron chi connectivity index (χ0n) is 14.3. The standard InChI is InChI=1S/C19H12Cl2N6O/c20-13-4-5-16(15(21)7-13)28-9-11-2-1-3-12(6-11)17-24-19-14-8-23-25-18(14)22-10-27(19)26-17/h1-8,10H,9H2,(H,23,25). The van der Waals surface area contributed by atoms with Crippen molar-refractivity contribution in [3.8, 4) is 17.1 Å². The fraction of sp³-hybridized carbons (Fsp3) is 0.0526. The summed E-state index contributed by atoms with van der Waals surface area (Å²) in [6.45, 7) is 0.357. The molecule has 9 heteroatoms. The van der Waals surface area contributed by atoms with E-state index in [1.807, 2.05) is 24.3 Å². The van der Waals surface area contributed by atoms with Crippen molar-refractivity contribution < 1.29 is 4.74 Å². The van der Waals surface area contributed by atoms with Gasteiger partial charge in [0, 0.05) is 10.6 Å². The minimum Gasteiger partial charge on any atom is -0.487 e. The number of nitrogens with zero attached hydrogens (tertiary/aromatic N) is 5. The molecule has 3 heterocycles. The SMILES string of the molecule is Clc1ccc(OCc2cccc(-c3nc4c5cn[nH]c5ncn4n3)c2)c(Cl)c1. The molecule has 7 nitrogen and oxygen atoms in total. The third-order valence-corrected chi connectivity index (χ3v) is 4.79. The normalized spacial score (nSPS) is 11.4. The maximum atomic E-state index is 6.16. The molecule has 0 amide bonds. The van der Waals surface area contributed by atoms with E-state index in [1.165, 1.54) is 0 Å². The molecule has 5 aromatic rings. The summed E-state index contributed by atoms with van der Waals surface area (Å²) in [6, 6.07) is 13.0. The van der Waals surface area contributed by atoms with Gasteiger partial charge in [0.05, 0.1) is 16.6 Å². The van der Waals surface area contributed by atoms with E-state index in [9.17, 15) is 0 Å². The molecule has 1 N–H and O–H groups in total. The molecule has 0 bridgehead atoms. The van der Waals surface area contributed by atoms with E-state index in [4.69, 9.17) is 27.9 Å². The Morgan fingerprint density at radius 2 is 2.04 bits per heavy atom. The average Bonchev–Trinajstić information content (AvgIpc) is 3.34. The molecule has 0 saturated carbocycles. The fourth-order valence-corrected chi connectivity index (χ4v) is 3.38. The van der Waals surface area contributed by atoms with E-state index in [1.54, 1.807) is 35.2 Å². The number of hydrogen-bond donors (Lipinski definition) is 1. The second-order valence-corrected chi connectivity index (χ2v) is 6.99. The molecular formula is C19H12Cl2N6O. The first-order valence-electron chi connectivity index (χ1n) is 8.39. The zero-order valence-corrected chi connectivity index (χ0v) is 15.8. The first kappa shape index (κ1) is 17.0. The molecule has 0 aliphatic heterocycles. The molecule has 0 unspecified atom stereocenters. The third kappa shape index (κ3) is 3.04. The molecule has 0 aliphatic rings. The molecule has 0 aliphatic carbocycles. The number of rotatable bonds is 4. The van der Waals surface area contributed by atoms with Crippen LogP contribution in [0.25, 0.3) is 28.1 Å². The van der Waals surface area contributed by atoms with Crippen molar-refractivity contribution in [3.63, 3.8) is 0 Å². The van der Waals surface area contributed by atoms with Gasteiger partial charge >= 0.3 is 0 Å². The highest BCUT2D eigenvalue weighted by atomic mass is 35.5. The van der Waals surface area contributed by atoms with Crippen molar-refractivity contribution in [3.05, 3.63) is 70.6 Å². The Kier molecular flexibility index (Phi) is 4.11. The summed E-state index contributed by atoms with van der Waals surface area (Å²) in [5.74, 6) is 1.18. The highest BCUT2D eigenvalue weighted by molar-refractivity contribution is 6.35. The van der Waals surface area contributed by atoms with Crippen LogP contribution in [0.15, 0.2) is 55.0 Å². The number of aromatic nitrogens is 6. The molecular weight excluding hydrogens is 399 g/mol. The summed E-state index contributed by atoms with van der Waals surface area (Å²) in [4.78, 5) is 8.91. The summed E-state index contributed by atoms with van der Waals surface area (Å²) >= 11 is 12.1. The van der Waals surface area contributed by atoms with Crippen molar-refractivity contribution in [1.82, 2.24) is 29.8 Å². The van der Waals surface area contributed by atoms with Gasteiger partial charge in [0.15, 0.2) is 17.1 Å². The van der Waals surface area contributed by atoms with Crippen LogP contribution < -0.4 is 4.74 Å². The molecule has 0 spiro atoms. The second kappa shape index (κ2) is 6.78. The van der Waals surface area contributed by atoms with Gasteiger partial charge in [0.1, 0.15) is 18.7 Å². The van der Waals surface area contributed by atoms with Crippen molar-refractivity contribution in [2.24, 2.45) is 0 Å². The number of benzene rings is 2. The van der Waals surface area contributed by atoms with E-state index in [0.29, 0.717) is 39.5 Å². The number of fused-ring (bicyclic) bond motifs is 3. The first-order valence-corrected chi connectivity index (χ1v) is 9.14. The lowest BCUT2D eigenvalue weighted by Gasteiger charge is -2.09. The zero-order chi connectivity index (χ0) is 19.1. The van der Waals surface area contributed by atoms with Gasteiger partial charge in [0.25, 0.3) is 0 Å². The molecule has 2 aromatic carbocycles.